The van der Waals surface area contributed by atoms with Gasteiger partial charge in [0.15, 0.2) is 11.8 Å². The van der Waals surface area contributed by atoms with Crippen molar-refractivity contribution in [1.29, 1.82) is 0 Å². The van der Waals surface area contributed by atoms with Crippen LogP contribution in [0, 0.1) is 30.3 Å². The Bertz CT molecular complexity index is 1160. The molecule has 3 rings (SSSR count). The first kappa shape index (κ1) is 21.9. The van der Waals surface area contributed by atoms with Crippen molar-refractivity contribution in [1.82, 2.24) is 0 Å². The van der Waals surface area contributed by atoms with Crippen LogP contribution >= 0.6 is 0 Å². The predicted molar refractivity (Wildman–Crippen MR) is 110 cm³/mol. The zero-order valence-electron chi connectivity index (χ0n) is 16.4. The second-order valence-electron chi connectivity index (χ2n) is 6.53. The maximum absolute atomic E-state index is 11.0. The number of nitro groups is 3. The second-order valence-corrected chi connectivity index (χ2v) is 6.53. The molecule has 14 heteroatoms. The first-order valence-electron chi connectivity index (χ1n) is 9.05. The molecule has 0 bridgehead atoms. The van der Waals surface area contributed by atoms with Crippen molar-refractivity contribution in [3.8, 4) is 0 Å². The van der Waals surface area contributed by atoms with Gasteiger partial charge in [-0.1, -0.05) is 23.4 Å². The minimum absolute atomic E-state index is 0.0155. The molecule has 0 radical (unpaired) electrons. The molecule has 0 spiro atoms. The van der Waals surface area contributed by atoms with Crippen LogP contribution in [0.5, 0.6) is 0 Å². The van der Waals surface area contributed by atoms with E-state index in [9.17, 15) is 30.3 Å². The van der Waals surface area contributed by atoms with E-state index < -0.39 is 26.1 Å². The summed E-state index contributed by atoms with van der Waals surface area (Å²) in [6.07, 6.45) is 0.573. The Labute approximate surface area is 179 Å². The molecule has 2 aromatic rings. The van der Waals surface area contributed by atoms with Gasteiger partial charge < -0.3 is 5.32 Å². The highest BCUT2D eigenvalue weighted by molar-refractivity contribution is 5.79. The molecule has 1 aliphatic rings. The topological polar surface area (TPSA) is 178 Å². The largest absolute Gasteiger partial charge is 0.348 e. The SMILES string of the molecule is C=C(/N=C1\C[N+](CCc2ccc([N+](=O)[O-])cc2)=NO1)Nc1ccc([N+](=O)[O-])c([N+](=O)[O-])c1. The van der Waals surface area contributed by atoms with E-state index in [1.54, 1.807) is 16.8 Å². The number of nitro benzene ring substituents is 3. The van der Waals surface area contributed by atoms with Crippen LogP contribution < -0.4 is 5.32 Å². The minimum atomic E-state index is -0.847. The average Bonchev–Trinajstić information content (AvgIpc) is 3.19. The van der Waals surface area contributed by atoms with E-state index in [4.69, 9.17) is 4.84 Å². The van der Waals surface area contributed by atoms with E-state index in [2.05, 4.69) is 22.2 Å². The molecule has 0 unspecified atom stereocenters. The summed E-state index contributed by atoms with van der Waals surface area (Å²) in [6, 6.07) is 9.52. The van der Waals surface area contributed by atoms with Gasteiger partial charge in [-0.05, 0) is 11.6 Å². The van der Waals surface area contributed by atoms with Crippen molar-refractivity contribution in [2.75, 3.05) is 18.4 Å². The molecule has 0 saturated carbocycles. The van der Waals surface area contributed by atoms with Crippen LogP contribution in [-0.4, -0.2) is 38.5 Å². The zero-order valence-corrected chi connectivity index (χ0v) is 16.4. The summed E-state index contributed by atoms with van der Waals surface area (Å²) < 4.78 is 1.60. The normalized spacial score (nSPS) is 13.9. The molecule has 0 aromatic heterocycles. The first-order valence-corrected chi connectivity index (χ1v) is 9.05. The molecule has 2 aromatic carbocycles. The van der Waals surface area contributed by atoms with Crippen LogP contribution in [0.25, 0.3) is 0 Å². The fourth-order valence-corrected chi connectivity index (χ4v) is 2.78. The summed E-state index contributed by atoms with van der Waals surface area (Å²) >= 11 is 0. The number of rotatable bonds is 9. The summed E-state index contributed by atoms with van der Waals surface area (Å²) in [5, 5.41) is 39.2. The highest BCUT2D eigenvalue weighted by Crippen LogP contribution is 2.30. The molecule has 14 nitrogen and oxygen atoms in total. The van der Waals surface area contributed by atoms with E-state index in [1.165, 1.54) is 18.2 Å². The third kappa shape index (κ3) is 5.44. The van der Waals surface area contributed by atoms with E-state index in [1.807, 2.05) is 0 Å². The van der Waals surface area contributed by atoms with E-state index >= 15 is 0 Å². The quantitative estimate of drug-likeness (QED) is 0.349. The van der Waals surface area contributed by atoms with E-state index in [-0.39, 0.29) is 29.6 Å². The van der Waals surface area contributed by atoms with Crippen LogP contribution in [0.4, 0.5) is 22.7 Å². The van der Waals surface area contributed by atoms with Crippen molar-refractivity contribution in [2.45, 2.75) is 6.42 Å². The maximum atomic E-state index is 11.0. The number of aliphatic imine (C=N–C) groups is 1. The number of anilines is 1. The Hall–Kier alpha value is -4.75. The minimum Gasteiger partial charge on any atom is -0.340 e. The van der Waals surface area contributed by atoms with Gasteiger partial charge >= 0.3 is 17.3 Å². The first-order chi connectivity index (χ1) is 15.2. The lowest BCUT2D eigenvalue weighted by Gasteiger charge is -2.05. The van der Waals surface area contributed by atoms with Gasteiger partial charge in [-0.2, -0.15) is 4.99 Å². The number of hydrogen-bond acceptors (Lipinski definition) is 10. The third-order valence-electron chi connectivity index (χ3n) is 4.30. The van der Waals surface area contributed by atoms with Gasteiger partial charge in [0.25, 0.3) is 5.69 Å². The monoisotopic (exact) mass is 442 g/mol. The Morgan fingerprint density at radius 2 is 1.75 bits per heavy atom. The number of nitrogens with one attached hydrogen (secondary N) is 1. The third-order valence-corrected chi connectivity index (χ3v) is 4.30. The smallest absolute Gasteiger partial charge is 0.340 e. The fraction of sp³-hybridized carbons (Fsp3) is 0.167. The van der Waals surface area contributed by atoms with Gasteiger partial charge in [0.05, 0.1) is 14.8 Å². The van der Waals surface area contributed by atoms with Gasteiger partial charge in [-0.3, -0.25) is 35.2 Å². The standard InChI is InChI=1S/C18H16N7O7/c1-12(19-14-4-7-16(24(28)29)17(10-14)25(30)31)20-18-11-22(21-32-18)9-8-13-2-5-15(6-3-13)23(26)27/h2-7,10,19H,1,8-9,11H2/q+1/b20-18+. The van der Waals surface area contributed by atoms with Crippen molar-refractivity contribution < 1.29 is 24.3 Å². The highest BCUT2D eigenvalue weighted by Gasteiger charge is 2.25. The molecule has 0 aliphatic carbocycles. The highest BCUT2D eigenvalue weighted by atomic mass is 16.7. The Morgan fingerprint density at radius 1 is 1.06 bits per heavy atom. The van der Waals surface area contributed by atoms with Gasteiger partial charge in [-0.25, -0.2) is 0 Å². The lowest BCUT2D eigenvalue weighted by Crippen LogP contribution is -2.16. The molecule has 32 heavy (non-hydrogen) atoms. The lowest BCUT2D eigenvalue weighted by atomic mass is 10.1. The van der Waals surface area contributed by atoms with E-state index in [0.29, 0.717) is 13.0 Å². The Morgan fingerprint density at radius 3 is 2.38 bits per heavy atom. The summed E-state index contributed by atoms with van der Waals surface area (Å²) in [4.78, 5) is 39.7. The number of nitrogens with zero attached hydrogens (tertiary/aromatic N) is 6. The fourth-order valence-electron chi connectivity index (χ4n) is 2.78. The van der Waals surface area contributed by atoms with Crippen LogP contribution in [0.1, 0.15) is 5.56 Å². The van der Waals surface area contributed by atoms with Crippen LogP contribution in [0.3, 0.4) is 0 Å². The summed E-state index contributed by atoms with van der Waals surface area (Å²) in [5.74, 6) is 0.318. The molecule has 1 N–H and O–H groups in total. The van der Waals surface area contributed by atoms with Crippen LogP contribution in [0.15, 0.2) is 65.1 Å². The van der Waals surface area contributed by atoms with Gasteiger partial charge in [0.2, 0.25) is 6.54 Å². The maximum Gasteiger partial charge on any atom is 0.348 e. The molecule has 0 saturated heterocycles. The van der Waals surface area contributed by atoms with Gasteiger partial charge in [-0.15, -0.1) is 0 Å². The van der Waals surface area contributed by atoms with Crippen molar-refractivity contribution in [2.24, 2.45) is 10.3 Å². The van der Waals surface area contributed by atoms with Crippen molar-refractivity contribution in [3.63, 3.8) is 0 Å². The van der Waals surface area contributed by atoms with Crippen molar-refractivity contribution >= 4 is 28.6 Å². The lowest BCUT2D eigenvalue weighted by molar-refractivity contribution is -0.585. The van der Waals surface area contributed by atoms with E-state index in [0.717, 1.165) is 17.7 Å². The Balaban J connectivity index is 1.55. The average molecular weight is 442 g/mol. The van der Waals surface area contributed by atoms with Gasteiger partial charge in [0, 0.05) is 36.4 Å². The number of hydrogen-bond donors (Lipinski definition) is 1. The van der Waals surface area contributed by atoms with Crippen molar-refractivity contribution in [3.05, 3.63) is 90.8 Å². The predicted octanol–water partition coefficient (Wildman–Crippen LogP) is 3.35. The molecular formula is C18H16N7O7+. The summed E-state index contributed by atoms with van der Waals surface area (Å²) in [7, 11) is 0. The van der Waals surface area contributed by atoms with Gasteiger partial charge in [0.1, 0.15) is 5.82 Å². The number of benzene rings is 2. The number of non-ortho nitro benzene ring substituents is 1. The molecular weight excluding hydrogens is 426 g/mol. The molecule has 0 fully saturated rings. The molecule has 0 atom stereocenters. The van der Waals surface area contributed by atoms with Crippen LogP contribution in [0.2, 0.25) is 0 Å². The summed E-state index contributed by atoms with van der Waals surface area (Å²) in [6.45, 7) is 4.41. The van der Waals surface area contributed by atoms with Crippen LogP contribution in [-0.2, 0) is 11.3 Å². The molecule has 0 amide bonds. The zero-order chi connectivity index (χ0) is 23.3. The second kappa shape index (κ2) is 9.38. The summed E-state index contributed by atoms with van der Waals surface area (Å²) in [5.41, 5.74) is -0.186. The molecule has 164 valence electrons. The molecule has 1 heterocycles. The molecule has 1 aliphatic heterocycles. The Kier molecular flexibility index (Phi) is 6.43.